The molecule has 4 heteroatoms. The van der Waals surface area contributed by atoms with Crippen molar-refractivity contribution >= 4 is 5.91 Å². The maximum absolute atomic E-state index is 11.3. The van der Waals surface area contributed by atoms with Crippen molar-refractivity contribution in [3.8, 4) is 0 Å². The molecule has 0 radical (unpaired) electrons. The molecule has 1 amide bonds. The highest BCUT2D eigenvalue weighted by molar-refractivity contribution is 5.87. The van der Waals surface area contributed by atoms with E-state index in [1.54, 1.807) is 0 Å². The number of hydrogen-bond donors (Lipinski definition) is 1. The van der Waals surface area contributed by atoms with E-state index in [4.69, 9.17) is 0 Å². The van der Waals surface area contributed by atoms with Gasteiger partial charge in [-0.3, -0.25) is 14.6 Å². The molecule has 1 N–H and O–H groups in total. The first kappa shape index (κ1) is 13.1. The summed E-state index contributed by atoms with van der Waals surface area (Å²) >= 11 is 0. The second kappa shape index (κ2) is 5.12. The minimum Gasteiger partial charge on any atom is -0.322 e. The lowest BCUT2D eigenvalue weighted by molar-refractivity contribution is -0.126. The van der Waals surface area contributed by atoms with Crippen molar-refractivity contribution in [1.29, 1.82) is 0 Å². The Bertz CT molecular complexity index is 203. The second-order valence-corrected chi connectivity index (χ2v) is 3.65. The lowest BCUT2D eigenvalue weighted by atomic mass is 10.2. The van der Waals surface area contributed by atoms with E-state index in [0.717, 1.165) is 6.42 Å². The number of amides is 1. The zero-order valence-corrected chi connectivity index (χ0v) is 9.79. The van der Waals surface area contributed by atoms with Gasteiger partial charge in [-0.05, 0) is 40.7 Å². The van der Waals surface area contributed by atoms with Crippen molar-refractivity contribution in [2.75, 3.05) is 28.2 Å². The molecule has 14 heavy (non-hydrogen) atoms. The molecule has 0 bridgehead atoms. The highest BCUT2D eigenvalue weighted by Crippen LogP contribution is 2.15. The molecule has 0 heterocycles. The average Bonchev–Trinajstić information content (AvgIpc) is 2.12. The quantitative estimate of drug-likeness (QED) is 0.516. The van der Waals surface area contributed by atoms with Gasteiger partial charge in [0.2, 0.25) is 5.91 Å². The van der Waals surface area contributed by atoms with Gasteiger partial charge in [-0.1, -0.05) is 13.5 Å². The normalized spacial score (nSPS) is 11.9. The summed E-state index contributed by atoms with van der Waals surface area (Å²) in [5.41, 5.74) is 0. The molecule has 0 spiro atoms. The summed E-state index contributed by atoms with van der Waals surface area (Å²) in [6, 6.07) is 0. The van der Waals surface area contributed by atoms with Crippen LogP contribution in [0.25, 0.3) is 0 Å². The summed E-state index contributed by atoms with van der Waals surface area (Å²) in [4.78, 5) is 15.3. The molecular weight excluding hydrogens is 178 g/mol. The Morgan fingerprint density at radius 1 is 1.36 bits per heavy atom. The third kappa shape index (κ3) is 2.56. The van der Waals surface area contributed by atoms with Crippen LogP contribution in [0.1, 0.15) is 13.3 Å². The van der Waals surface area contributed by atoms with Gasteiger partial charge in [-0.2, -0.15) is 0 Å². The number of carbonyl (C=O) groups excluding carboxylic acids is 1. The van der Waals surface area contributed by atoms with E-state index in [9.17, 15) is 4.79 Å². The van der Waals surface area contributed by atoms with Crippen LogP contribution in [0, 0.1) is 0 Å². The van der Waals surface area contributed by atoms with E-state index in [0.29, 0.717) is 0 Å². The van der Waals surface area contributed by atoms with Crippen LogP contribution in [0.3, 0.4) is 0 Å². The van der Waals surface area contributed by atoms with Crippen molar-refractivity contribution in [1.82, 2.24) is 15.1 Å². The predicted octanol–water partition coefficient (Wildman–Crippen LogP) is 0.476. The van der Waals surface area contributed by atoms with Gasteiger partial charge < -0.3 is 5.32 Å². The van der Waals surface area contributed by atoms with Gasteiger partial charge in [0.05, 0.1) is 0 Å². The van der Waals surface area contributed by atoms with Gasteiger partial charge in [0.25, 0.3) is 0 Å². The summed E-state index contributed by atoms with van der Waals surface area (Å²) in [5.74, 6) is -0.597. The van der Waals surface area contributed by atoms with Crippen molar-refractivity contribution < 1.29 is 4.79 Å². The van der Waals surface area contributed by atoms with Crippen molar-refractivity contribution in [3.63, 3.8) is 0 Å². The molecule has 0 saturated heterocycles. The van der Waals surface area contributed by atoms with Crippen LogP contribution in [0.4, 0.5) is 0 Å². The maximum Gasteiger partial charge on any atom is 0.245 e. The molecule has 0 aliphatic carbocycles. The first-order valence-corrected chi connectivity index (χ1v) is 4.70. The fourth-order valence-corrected chi connectivity index (χ4v) is 1.59. The lowest BCUT2D eigenvalue weighted by Gasteiger charge is -2.44. The van der Waals surface area contributed by atoms with E-state index in [2.05, 4.69) is 11.9 Å². The van der Waals surface area contributed by atoms with E-state index in [1.807, 2.05) is 44.9 Å². The van der Waals surface area contributed by atoms with Gasteiger partial charge in [0.15, 0.2) is 0 Å². The minimum absolute atomic E-state index is 0.158. The Kier molecular flexibility index (Phi) is 4.80. The first-order valence-electron chi connectivity index (χ1n) is 4.70. The Morgan fingerprint density at radius 2 is 1.79 bits per heavy atom. The Hall–Kier alpha value is -0.870. The molecule has 82 valence electrons. The molecule has 0 atom stereocenters. The predicted molar refractivity (Wildman–Crippen MR) is 58.7 cm³/mol. The number of rotatable bonds is 5. The minimum atomic E-state index is -0.439. The fraction of sp³-hybridized carbons (Fsp3) is 0.700. The van der Waals surface area contributed by atoms with Crippen molar-refractivity contribution in [2.45, 2.75) is 19.1 Å². The SMILES string of the molecule is C=CC(=O)NC(CC)(N(C)C)N(C)C. The van der Waals surface area contributed by atoms with Crippen molar-refractivity contribution in [3.05, 3.63) is 12.7 Å². The van der Waals surface area contributed by atoms with Crippen LogP contribution in [0.2, 0.25) is 0 Å². The Labute approximate surface area is 86.6 Å². The summed E-state index contributed by atoms with van der Waals surface area (Å²) in [6.45, 7) is 5.48. The Morgan fingerprint density at radius 3 is 2.00 bits per heavy atom. The van der Waals surface area contributed by atoms with E-state index < -0.39 is 5.79 Å². The average molecular weight is 199 g/mol. The Balaban J connectivity index is 4.85. The molecule has 0 aromatic carbocycles. The van der Waals surface area contributed by atoms with Crippen LogP contribution >= 0.6 is 0 Å². The molecule has 4 nitrogen and oxygen atoms in total. The van der Waals surface area contributed by atoms with Crippen LogP contribution < -0.4 is 5.32 Å². The van der Waals surface area contributed by atoms with Gasteiger partial charge in [-0.15, -0.1) is 0 Å². The summed E-state index contributed by atoms with van der Waals surface area (Å²) in [7, 11) is 7.75. The third-order valence-corrected chi connectivity index (χ3v) is 2.48. The lowest BCUT2D eigenvalue weighted by Crippen LogP contribution is -2.65. The molecule has 0 unspecified atom stereocenters. The summed E-state index contributed by atoms with van der Waals surface area (Å²) < 4.78 is 0. The smallest absolute Gasteiger partial charge is 0.245 e. The highest BCUT2D eigenvalue weighted by Gasteiger charge is 2.34. The highest BCUT2D eigenvalue weighted by atomic mass is 16.2. The molecule has 0 aromatic rings. The molecule has 0 aromatic heterocycles. The molecule has 0 saturated carbocycles. The molecule has 0 aliphatic rings. The molecule has 0 fully saturated rings. The summed E-state index contributed by atoms with van der Waals surface area (Å²) in [6.07, 6.45) is 2.09. The number of nitrogens with zero attached hydrogens (tertiary/aromatic N) is 2. The second-order valence-electron chi connectivity index (χ2n) is 3.65. The van der Waals surface area contributed by atoms with E-state index >= 15 is 0 Å². The van der Waals surface area contributed by atoms with Gasteiger partial charge >= 0.3 is 0 Å². The van der Waals surface area contributed by atoms with Crippen molar-refractivity contribution in [2.24, 2.45) is 0 Å². The van der Waals surface area contributed by atoms with E-state index in [1.165, 1.54) is 6.08 Å². The topological polar surface area (TPSA) is 35.6 Å². The van der Waals surface area contributed by atoms with Crippen LogP contribution in [0.15, 0.2) is 12.7 Å². The van der Waals surface area contributed by atoms with Crippen LogP contribution in [0.5, 0.6) is 0 Å². The third-order valence-electron chi connectivity index (χ3n) is 2.48. The first-order chi connectivity index (χ1) is 6.40. The number of carbonyl (C=O) groups is 1. The number of hydrogen-bond acceptors (Lipinski definition) is 3. The molecule has 0 aliphatic heterocycles. The zero-order valence-electron chi connectivity index (χ0n) is 9.79. The largest absolute Gasteiger partial charge is 0.322 e. The van der Waals surface area contributed by atoms with Gasteiger partial charge in [0, 0.05) is 0 Å². The molecular formula is C10H21N3O. The van der Waals surface area contributed by atoms with E-state index in [-0.39, 0.29) is 5.91 Å². The van der Waals surface area contributed by atoms with Gasteiger partial charge in [-0.25, -0.2) is 0 Å². The monoisotopic (exact) mass is 199 g/mol. The maximum atomic E-state index is 11.3. The molecule has 0 rings (SSSR count). The standard InChI is InChI=1S/C10H21N3O/c1-7-9(14)11-10(8-2,12(3)4)13(5)6/h7H,1,8H2,2-6H3,(H,11,14). The van der Waals surface area contributed by atoms with Crippen LogP contribution in [-0.2, 0) is 4.79 Å². The zero-order chi connectivity index (χ0) is 11.4. The van der Waals surface area contributed by atoms with Gasteiger partial charge in [0.1, 0.15) is 5.79 Å². The summed E-state index contributed by atoms with van der Waals surface area (Å²) in [5, 5.41) is 2.92. The fourth-order valence-electron chi connectivity index (χ4n) is 1.59. The number of nitrogens with one attached hydrogen (secondary N) is 1. The van der Waals surface area contributed by atoms with Crippen LogP contribution in [-0.4, -0.2) is 49.7 Å².